The maximum absolute atomic E-state index is 13.6. The SMILES string of the molecule is CCOC(=O)c1c(C)nc(C)c2c(=O)n(-c3ccccc3)c3cc(Cl)ccc3c12. The molecule has 0 aliphatic rings. The van der Waals surface area contributed by atoms with Crippen molar-refractivity contribution in [2.45, 2.75) is 20.8 Å². The summed E-state index contributed by atoms with van der Waals surface area (Å²) in [5.41, 5.74) is 2.49. The molecule has 29 heavy (non-hydrogen) atoms. The zero-order chi connectivity index (χ0) is 20.7. The topological polar surface area (TPSA) is 61.2 Å². The van der Waals surface area contributed by atoms with Crippen LogP contribution in [0.1, 0.15) is 28.7 Å². The normalized spacial score (nSPS) is 11.2. The minimum atomic E-state index is -0.490. The van der Waals surface area contributed by atoms with Crippen molar-refractivity contribution in [3.63, 3.8) is 0 Å². The number of hydrogen-bond acceptors (Lipinski definition) is 4. The number of rotatable bonds is 3. The van der Waals surface area contributed by atoms with Gasteiger partial charge in [-0.3, -0.25) is 14.3 Å². The Kier molecular flexibility index (Phi) is 4.84. The van der Waals surface area contributed by atoms with Gasteiger partial charge in [-0.25, -0.2) is 4.79 Å². The van der Waals surface area contributed by atoms with E-state index in [0.717, 1.165) is 5.39 Å². The Labute approximate surface area is 172 Å². The maximum Gasteiger partial charge on any atom is 0.340 e. The van der Waals surface area contributed by atoms with E-state index in [-0.39, 0.29) is 12.2 Å². The quantitative estimate of drug-likeness (QED) is 0.355. The fourth-order valence-electron chi connectivity index (χ4n) is 3.79. The molecule has 0 saturated heterocycles. The van der Waals surface area contributed by atoms with Crippen LogP contribution >= 0.6 is 11.6 Å². The number of halogens is 1. The Morgan fingerprint density at radius 1 is 1.07 bits per heavy atom. The van der Waals surface area contributed by atoms with Gasteiger partial charge in [-0.15, -0.1) is 0 Å². The van der Waals surface area contributed by atoms with Crippen LogP contribution in [-0.2, 0) is 4.74 Å². The second-order valence-electron chi connectivity index (χ2n) is 6.77. The zero-order valence-electron chi connectivity index (χ0n) is 16.3. The predicted molar refractivity (Wildman–Crippen MR) is 115 cm³/mol. The van der Waals surface area contributed by atoms with E-state index in [4.69, 9.17) is 16.3 Å². The highest BCUT2D eigenvalue weighted by atomic mass is 35.5. The van der Waals surface area contributed by atoms with Crippen molar-refractivity contribution < 1.29 is 9.53 Å². The van der Waals surface area contributed by atoms with Gasteiger partial charge in [0, 0.05) is 21.5 Å². The van der Waals surface area contributed by atoms with Crippen LogP contribution < -0.4 is 5.56 Å². The van der Waals surface area contributed by atoms with Crippen LogP contribution in [0.25, 0.3) is 27.4 Å². The number of esters is 1. The van der Waals surface area contributed by atoms with Gasteiger partial charge in [0.15, 0.2) is 0 Å². The minimum Gasteiger partial charge on any atom is -0.462 e. The molecule has 2 aromatic carbocycles. The number of fused-ring (bicyclic) bond motifs is 3. The first kappa shape index (κ1) is 19.2. The molecule has 0 unspecified atom stereocenters. The molecule has 5 nitrogen and oxygen atoms in total. The number of para-hydroxylation sites is 1. The summed E-state index contributed by atoms with van der Waals surface area (Å²) in [5, 5.41) is 2.19. The molecule has 0 amide bonds. The highest BCUT2D eigenvalue weighted by molar-refractivity contribution is 6.31. The van der Waals surface area contributed by atoms with E-state index < -0.39 is 5.97 Å². The summed E-state index contributed by atoms with van der Waals surface area (Å²) in [6, 6.07) is 14.7. The first-order valence-corrected chi connectivity index (χ1v) is 9.69. The molecule has 6 heteroatoms. The predicted octanol–water partition coefficient (Wildman–Crippen LogP) is 4.99. The Morgan fingerprint density at radius 3 is 2.48 bits per heavy atom. The van der Waals surface area contributed by atoms with Gasteiger partial charge < -0.3 is 4.74 Å². The van der Waals surface area contributed by atoms with Gasteiger partial charge in [0.25, 0.3) is 5.56 Å². The Bertz CT molecular complexity index is 1330. The molecule has 0 spiro atoms. The molecule has 2 heterocycles. The van der Waals surface area contributed by atoms with Crippen LogP contribution in [0.2, 0.25) is 5.02 Å². The van der Waals surface area contributed by atoms with Gasteiger partial charge in [-0.05, 0) is 45.0 Å². The Morgan fingerprint density at radius 2 is 1.79 bits per heavy atom. The van der Waals surface area contributed by atoms with Gasteiger partial charge in [-0.2, -0.15) is 0 Å². The number of pyridine rings is 2. The third-order valence-corrected chi connectivity index (χ3v) is 5.18. The molecule has 0 bridgehead atoms. The van der Waals surface area contributed by atoms with Crippen molar-refractivity contribution in [3.05, 3.63) is 80.9 Å². The first-order chi connectivity index (χ1) is 13.9. The molecule has 0 atom stereocenters. The number of nitrogens with zero attached hydrogens (tertiary/aromatic N) is 2. The average molecular weight is 407 g/mol. The Balaban J connectivity index is 2.30. The molecule has 0 aliphatic heterocycles. The maximum atomic E-state index is 13.6. The standard InChI is InChI=1S/C23H19ClN2O3/c1-4-29-23(28)20-14(3)25-13(2)19-21(20)17-11-10-15(24)12-18(17)26(22(19)27)16-8-6-5-7-9-16/h5-12H,4H2,1-3H3. The van der Waals surface area contributed by atoms with Crippen molar-refractivity contribution in [1.29, 1.82) is 0 Å². The summed E-state index contributed by atoms with van der Waals surface area (Å²) in [6.07, 6.45) is 0. The number of carbonyl (C=O) groups excluding carboxylic acids is 1. The van der Waals surface area contributed by atoms with Crippen LogP contribution in [0.5, 0.6) is 0 Å². The van der Waals surface area contributed by atoms with E-state index in [0.29, 0.717) is 44.0 Å². The lowest BCUT2D eigenvalue weighted by Crippen LogP contribution is -2.22. The molecule has 0 aliphatic carbocycles. The molecule has 146 valence electrons. The lowest BCUT2D eigenvalue weighted by Gasteiger charge is -2.17. The second kappa shape index (κ2) is 7.33. The number of benzene rings is 2. The third kappa shape index (κ3) is 3.08. The molecular weight excluding hydrogens is 388 g/mol. The van der Waals surface area contributed by atoms with Gasteiger partial charge >= 0.3 is 5.97 Å². The van der Waals surface area contributed by atoms with Gasteiger partial charge in [0.05, 0.1) is 34.5 Å². The largest absolute Gasteiger partial charge is 0.462 e. The molecule has 0 fully saturated rings. The first-order valence-electron chi connectivity index (χ1n) is 9.31. The van der Waals surface area contributed by atoms with E-state index in [1.54, 1.807) is 37.5 Å². The second-order valence-corrected chi connectivity index (χ2v) is 7.20. The molecule has 0 radical (unpaired) electrons. The van der Waals surface area contributed by atoms with Crippen LogP contribution in [-0.4, -0.2) is 22.1 Å². The van der Waals surface area contributed by atoms with Crippen LogP contribution in [0.3, 0.4) is 0 Å². The summed E-state index contributed by atoms with van der Waals surface area (Å²) in [6.45, 7) is 5.52. The van der Waals surface area contributed by atoms with Crippen LogP contribution in [0.15, 0.2) is 53.3 Å². The smallest absolute Gasteiger partial charge is 0.340 e. The van der Waals surface area contributed by atoms with Crippen molar-refractivity contribution >= 4 is 39.2 Å². The van der Waals surface area contributed by atoms with Crippen LogP contribution in [0, 0.1) is 13.8 Å². The monoisotopic (exact) mass is 406 g/mol. The number of aryl methyl sites for hydroxylation is 2. The van der Waals surface area contributed by atoms with Crippen molar-refractivity contribution in [3.8, 4) is 5.69 Å². The van der Waals surface area contributed by atoms with E-state index >= 15 is 0 Å². The molecule has 4 aromatic rings. The van der Waals surface area contributed by atoms with Crippen LogP contribution in [0.4, 0.5) is 0 Å². The lowest BCUT2D eigenvalue weighted by atomic mass is 9.98. The summed E-state index contributed by atoms with van der Waals surface area (Å²) < 4.78 is 6.88. The van der Waals surface area contributed by atoms with Gasteiger partial charge in [-0.1, -0.05) is 35.9 Å². The lowest BCUT2D eigenvalue weighted by molar-refractivity contribution is 0.0527. The minimum absolute atomic E-state index is 0.235. The highest BCUT2D eigenvalue weighted by Crippen LogP contribution is 2.32. The van der Waals surface area contributed by atoms with E-state index in [1.165, 1.54) is 0 Å². The molecule has 0 N–H and O–H groups in total. The van der Waals surface area contributed by atoms with E-state index in [1.807, 2.05) is 36.4 Å². The van der Waals surface area contributed by atoms with E-state index in [2.05, 4.69) is 4.98 Å². The number of aromatic nitrogens is 2. The summed E-state index contributed by atoms with van der Waals surface area (Å²) in [7, 11) is 0. The summed E-state index contributed by atoms with van der Waals surface area (Å²) in [5.74, 6) is -0.490. The van der Waals surface area contributed by atoms with Gasteiger partial charge in [0.1, 0.15) is 0 Å². The fourth-order valence-corrected chi connectivity index (χ4v) is 3.96. The van der Waals surface area contributed by atoms with Crippen molar-refractivity contribution in [2.75, 3.05) is 6.61 Å². The fraction of sp³-hybridized carbons (Fsp3) is 0.174. The highest BCUT2D eigenvalue weighted by Gasteiger charge is 2.23. The number of carbonyl (C=O) groups is 1. The molecular formula is C23H19ClN2O3. The molecule has 4 rings (SSSR count). The van der Waals surface area contributed by atoms with Crippen molar-refractivity contribution in [2.24, 2.45) is 0 Å². The average Bonchev–Trinajstić information content (AvgIpc) is 2.68. The van der Waals surface area contributed by atoms with E-state index in [9.17, 15) is 9.59 Å². The Hall–Kier alpha value is -3.18. The van der Waals surface area contributed by atoms with Crippen molar-refractivity contribution in [1.82, 2.24) is 9.55 Å². The third-order valence-electron chi connectivity index (χ3n) is 4.94. The molecule has 0 saturated carbocycles. The molecule has 2 aromatic heterocycles. The van der Waals surface area contributed by atoms with Gasteiger partial charge in [0.2, 0.25) is 0 Å². The summed E-state index contributed by atoms with van der Waals surface area (Å²) >= 11 is 6.28. The number of hydrogen-bond donors (Lipinski definition) is 0. The summed E-state index contributed by atoms with van der Waals surface area (Å²) in [4.78, 5) is 30.9. The number of ether oxygens (including phenoxy) is 1. The zero-order valence-corrected chi connectivity index (χ0v) is 17.1.